The van der Waals surface area contributed by atoms with Crippen molar-refractivity contribution in [3.05, 3.63) is 0 Å². The molecule has 10 nitrogen and oxygen atoms in total. The Kier molecular flexibility index (Phi) is 10.8. The first-order chi connectivity index (χ1) is 9.15. The SMILES string of the molecule is CCO.O=C(O)CC(NC(CC(=O)O)C(=O)O)C(=O)O. The topological polar surface area (TPSA) is 181 Å². The molecule has 0 aromatic rings. The molecule has 0 aliphatic carbocycles. The summed E-state index contributed by atoms with van der Waals surface area (Å²) in [4.78, 5) is 41.9. The Balaban J connectivity index is 0. The molecule has 10 heteroatoms. The first-order valence-electron chi connectivity index (χ1n) is 5.41. The van der Waals surface area contributed by atoms with Crippen LogP contribution in [0.15, 0.2) is 0 Å². The highest BCUT2D eigenvalue weighted by Gasteiger charge is 2.29. The van der Waals surface area contributed by atoms with Crippen LogP contribution in [0.4, 0.5) is 0 Å². The van der Waals surface area contributed by atoms with Crippen molar-refractivity contribution in [1.29, 1.82) is 0 Å². The van der Waals surface area contributed by atoms with Crippen molar-refractivity contribution in [1.82, 2.24) is 5.32 Å². The van der Waals surface area contributed by atoms with Crippen molar-refractivity contribution < 1.29 is 44.7 Å². The van der Waals surface area contributed by atoms with Crippen LogP contribution in [0, 0.1) is 0 Å². The number of aliphatic carboxylic acids is 4. The molecule has 2 unspecified atom stereocenters. The van der Waals surface area contributed by atoms with E-state index in [2.05, 4.69) is 0 Å². The molecule has 0 radical (unpaired) electrons. The monoisotopic (exact) mass is 295 g/mol. The zero-order chi connectivity index (χ0) is 16.3. The molecule has 0 aromatic heterocycles. The minimum absolute atomic E-state index is 0.250. The molecule has 0 aromatic carbocycles. The van der Waals surface area contributed by atoms with Gasteiger partial charge in [-0.05, 0) is 6.92 Å². The highest BCUT2D eigenvalue weighted by molar-refractivity contribution is 5.84. The quantitative estimate of drug-likeness (QED) is 0.306. The number of carboxylic acids is 4. The third-order valence-electron chi connectivity index (χ3n) is 1.76. The summed E-state index contributed by atoms with van der Waals surface area (Å²) in [7, 11) is 0. The maximum Gasteiger partial charge on any atom is 0.321 e. The molecule has 2 atom stereocenters. The second kappa shape index (κ2) is 10.7. The minimum atomic E-state index is -1.66. The second-order valence-electron chi connectivity index (χ2n) is 3.46. The number of nitrogens with one attached hydrogen (secondary N) is 1. The zero-order valence-corrected chi connectivity index (χ0v) is 10.6. The maximum atomic E-state index is 10.6. The Labute approximate surface area is 113 Å². The molecule has 0 saturated carbocycles. The summed E-state index contributed by atoms with van der Waals surface area (Å²) in [5.74, 6) is -6.01. The van der Waals surface area contributed by atoms with E-state index in [1.54, 1.807) is 6.92 Å². The highest BCUT2D eigenvalue weighted by atomic mass is 16.4. The normalized spacial score (nSPS) is 12.5. The van der Waals surface area contributed by atoms with E-state index in [4.69, 9.17) is 25.5 Å². The minimum Gasteiger partial charge on any atom is -0.481 e. The smallest absolute Gasteiger partial charge is 0.321 e. The average molecular weight is 295 g/mol. The van der Waals surface area contributed by atoms with E-state index in [9.17, 15) is 19.2 Å². The summed E-state index contributed by atoms with van der Waals surface area (Å²) in [6.07, 6.45) is -1.70. The van der Waals surface area contributed by atoms with Crippen molar-refractivity contribution in [2.75, 3.05) is 6.61 Å². The zero-order valence-electron chi connectivity index (χ0n) is 10.6. The van der Waals surface area contributed by atoms with Crippen LogP contribution in [0.3, 0.4) is 0 Å². The molecule has 0 saturated heterocycles. The molecule has 0 rings (SSSR count). The van der Waals surface area contributed by atoms with Crippen molar-refractivity contribution in [2.24, 2.45) is 0 Å². The van der Waals surface area contributed by atoms with Gasteiger partial charge >= 0.3 is 23.9 Å². The number of aliphatic hydroxyl groups excluding tert-OH is 1. The third-order valence-corrected chi connectivity index (χ3v) is 1.76. The average Bonchev–Trinajstić information content (AvgIpc) is 2.26. The van der Waals surface area contributed by atoms with Gasteiger partial charge in [0.2, 0.25) is 0 Å². The Bertz CT molecular complexity index is 323. The fourth-order valence-corrected chi connectivity index (χ4v) is 1.03. The Hall–Kier alpha value is -2.20. The predicted octanol–water partition coefficient (Wildman–Crippen LogP) is -1.57. The Morgan fingerprint density at radius 1 is 0.850 bits per heavy atom. The molecule has 0 heterocycles. The van der Waals surface area contributed by atoms with Crippen LogP contribution in [-0.4, -0.2) is 68.1 Å². The molecule has 0 fully saturated rings. The van der Waals surface area contributed by atoms with E-state index >= 15 is 0 Å². The molecule has 0 amide bonds. The summed E-state index contributed by atoms with van der Waals surface area (Å²) in [6.45, 7) is 1.93. The summed E-state index contributed by atoms with van der Waals surface area (Å²) in [5, 5.41) is 43.6. The van der Waals surface area contributed by atoms with E-state index < -0.39 is 48.8 Å². The third kappa shape index (κ3) is 10.9. The van der Waals surface area contributed by atoms with Gasteiger partial charge in [0.25, 0.3) is 0 Å². The van der Waals surface area contributed by atoms with Crippen LogP contribution < -0.4 is 5.32 Å². The number of carbonyl (C=O) groups is 4. The summed E-state index contributed by atoms with van der Waals surface area (Å²) >= 11 is 0. The largest absolute Gasteiger partial charge is 0.481 e. The lowest BCUT2D eigenvalue weighted by molar-refractivity contribution is -0.150. The highest BCUT2D eigenvalue weighted by Crippen LogP contribution is 2.00. The van der Waals surface area contributed by atoms with Gasteiger partial charge in [-0.15, -0.1) is 0 Å². The summed E-state index contributed by atoms with van der Waals surface area (Å²) < 4.78 is 0. The van der Waals surface area contributed by atoms with Gasteiger partial charge in [-0.25, -0.2) is 0 Å². The van der Waals surface area contributed by atoms with E-state index in [0.29, 0.717) is 0 Å². The molecule has 0 aliphatic heterocycles. The molecule has 0 spiro atoms. The van der Waals surface area contributed by atoms with Crippen molar-refractivity contribution >= 4 is 23.9 Å². The van der Waals surface area contributed by atoms with Crippen LogP contribution in [0.25, 0.3) is 0 Å². The molecular weight excluding hydrogens is 278 g/mol. The Morgan fingerprint density at radius 2 is 1.10 bits per heavy atom. The standard InChI is InChI=1S/C8H11NO8.C2H6O/c10-5(11)1-3(7(14)15)9-4(8(16)17)2-6(12)13;1-2-3/h3-4,9H,1-2H2,(H,10,11)(H,12,13)(H,14,15)(H,16,17);3H,2H2,1H3. The first-order valence-corrected chi connectivity index (χ1v) is 5.41. The first kappa shape index (κ1) is 20.1. The summed E-state index contributed by atoms with van der Waals surface area (Å²) in [5.41, 5.74) is 0. The Morgan fingerprint density at radius 3 is 1.25 bits per heavy atom. The maximum absolute atomic E-state index is 10.6. The van der Waals surface area contributed by atoms with Crippen molar-refractivity contribution in [3.63, 3.8) is 0 Å². The molecule has 20 heavy (non-hydrogen) atoms. The number of hydrogen-bond donors (Lipinski definition) is 6. The molecule has 116 valence electrons. The van der Waals surface area contributed by atoms with Gasteiger partial charge in [0, 0.05) is 6.61 Å². The molecular formula is C10H17NO9. The lowest BCUT2D eigenvalue weighted by Crippen LogP contribution is -2.48. The predicted molar refractivity (Wildman–Crippen MR) is 63.2 cm³/mol. The lowest BCUT2D eigenvalue weighted by Gasteiger charge is -2.17. The number of hydrogen-bond acceptors (Lipinski definition) is 6. The number of rotatable bonds is 8. The van der Waals surface area contributed by atoms with Gasteiger partial charge in [-0.1, -0.05) is 0 Å². The van der Waals surface area contributed by atoms with Gasteiger partial charge < -0.3 is 25.5 Å². The van der Waals surface area contributed by atoms with Crippen molar-refractivity contribution in [2.45, 2.75) is 31.8 Å². The van der Waals surface area contributed by atoms with Crippen LogP contribution in [0.5, 0.6) is 0 Å². The van der Waals surface area contributed by atoms with Crippen LogP contribution in [0.1, 0.15) is 19.8 Å². The van der Waals surface area contributed by atoms with Gasteiger partial charge in [-0.2, -0.15) is 0 Å². The fourth-order valence-electron chi connectivity index (χ4n) is 1.03. The summed E-state index contributed by atoms with van der Waals surface area (Å²) in [6, 6.07) is -3.32. The van der Waals surface area contributed by atoms with Crippen molar-refractivity contribution in [3.8, 4) is 0 Å². The van der Waals surface area contributed by atoms with Gasteiger partial charge in [-0.3, -0.25) is 24.5 Å². The molecule has 0 bridgehead atoms. The van der Waals surface area contributed by atoms with E-state index in [-0.39, 0.29) is 6.61 Å². The molecule has 0 aliphatic rings. The molecule has 6 N–H and O–H groups in total. The van der Waals surface area contributed by atoms with Gasteiger partial charge in [0.1, 0.15) is 12.1 Å². The van der Waals surface area contributed by atoms with Gasteiger partial charge in [0.05, 0.1) is 12.8 Å². The second-order valence-corrected chi connectivity index (χ2v) is 3.46. The fraction of sp³-hybridized carbons (Fsp3) is 0.600. The number of carboxylic acid groups (broad SMARTS) is 4. The van der Waals surface area contributed by atoms with Gasteiger partial charge in [0.15, 0.2) is 0 Å². The van der Waals surface area contributed by atoms with Crippen LogP contribution in [-0.2, 0) is 19.2 Å². The number of aliphatic hydroxyl groups is 1. The lowest BCUT2D eigenvalue weighted by atomic mass is 10.1. The van der Waals surface area contributed by atoms with E-state index in [1.165, 1.54) is 0 Å². The van der Waals surface area contributed by atoms with E-state index in [1.807, 2.05) is 5.32 Å². The van der Waals surface area contributed by atoms with E-state index in [0.717, 1.165) is 0 Å². The van der Waals surface area contributed by atoms with Crippen LogP contribution in [0.2, 0.25) is 0 Å². The van der Waals surface area contributed by atoms with Crippen LogP contribution >= 0.6 is 0 Å².